The highest BCUT2D eigenvalue weighted by Gasteiger charge is 2.21. The second kappa shape index (κ2) is 7.17. The van der Waals surface area contributed by atoms with Crippen LogP contribution in [0.25, 0.3) is 5.69 Å². The van der Waals surface area contributed by atoms with Crippen LogP contribution in [-0.4, -0.2) is 42.0 Å². The van der Waals surface area contributed by atoms with E-state index in [1.165, 1.54) is 30.0 Å². The standard InChI is InChI=1S/C17H15N5O4S2/c1-27-17-20-18-10-22(17)12-4-2-3-11(7-12)21-28(24,25)13-5-6-15-14(8-13)19-16(23)9-26-15/h2-8,10,21H,9H2,1H3,(H,19,23). The lowest BCUT2D eigenvalue weighted by atomic mass is 10.2. The molecule has 9 nitrogen and oxygen atoms in total. The molecule has 1 aliphatic heterocycles. The van der Waals surface area contributed by atoms with Crippen LogP contribution in [0.2, 0.25) is 0 Å². The fourth-order valence-corrected chi connectivity index (χ4v) is 4.26. The molecule has 0 atom stereocenters. The first-order chi connectivity index (χ1) is 13.5. The van der Waals surface area contributed by atoms with E-state index in [1.807, 2.05) is 12.3 Å². The van der Waals surface area contributed by atoms with Crippen molar-refractivity contribution in [1.29, 1.82) is 0 Å². The zero-order chi connectivity index (χ0) is 19.7. The van der Waals surface area contributed by atoms with Crippen LogP contribution in [0.1, 0.15) is 0 Å². The van der Waals surface area contributed by atoms with Gasteiger partial charge in [0.2, 0.25) is 0 Å². The number of anilines is 2. The molecule has 0 aliphatic carbocycles. The molecule has 2 N–H and O–H groups in total. The van der Waals surface area contributed by atoms with Gasteiger partial charge in [-0.25, -0.2) is 8.42 Å². The molecule has 0 radical (unpaired) electrons. The van der Waals surface area contributed by atoms with Crippen molar-refractivity contribution in [3.63, 3.8) is 0 Å². The highest BCUT2D eigenvalue weighted by atomic mass is 32.2. The lowest BCUT2D eigenvalue weighted by molar-refractivity contribution is -0.118. The van der Waals surface area contributed by atoms with E-state index >= 15 is 0 Å². The SMILES string of the molecule is CSc1nncn1-c1cccc(NS(=O)(=O)c2ccc3c(c2)NC(=O)CO3)c1. The highest BCUT2D eigenvalue weighted by Crippen LogP contribution is 2.31. The van der Waals surface area contributed by atoms with E-state index in [0.29, 0.717) is 22.3 Å². The number of carbonyl (C=O) groups excluding carboxylic acids is 1. The molecule has 0 saturated heterocycles. The van der Waals surface area contributed by atoms with E-state index in [4.69, 9.17) is 4.74 Å². The summed E-state index contributed by atoms with van der Waals surface area (Å²) in [5.41, 5.74) is 1.43. The monoisotopic (exact) mass is 417 g/mol. The highest BCUT2D eigenvalue weighted by molar-refractivity contribution is 7.98. The summed E-state index contributed by atoms with van der Waals surface area (Å²) in [6.07, 6.45) is 3.44. The number of aromatic nitrogens is 3. The molecule has 28 heavy (non-hydrogen) atoms. The van der Waals surface area contributed by atoms with Crippen LogP contribution in [-0.2, 0) is 14.8 Å². The van der Waals surface area contributed by atoms with Crippen molar-refractivity contribution in [3.05, 3.63) is 48.8 Å². The molecule has 1 aliphatic rings. The van der Waals surface area contributed by atoms with Crippen molar-refractivity contribution in [1.82, 2.24) is 14.8 Å². The summed E-state index contributed by atoms with van der Waals surface area (Å²) in [5.74, 6) is 0.0963. The van der Waals surface area contributed by atoms with Crippen molar-refractivity contribution in [2.75, 3.05) is 22.9 Å². The third-order valence-electron chi connectivity index (χ3n) is 3.97. The number of thioether (sulfide) groups is 1. The molecular weight excluding hydrogens is 402 g/mol. The fourth-order valence-electron chi connectivity index (χ4n) is 2.70. The molecule has 4 rings (SSSR count). The first-order valence-corrected chi connectivity index (χ1v) is 10.8. The van der Waals surface area contributed by atoms with Crippen molar-refractivity contribution >= 4 is 39.1 Å². The molecule has 0 spiro atoms. The maximum Gasteiger partial charge on any atom is 0.262 e. The Bertz CT molecular complexity index is 1160. The summed E-state index contributed by atoms with van der Waals surface area (Å²) < 4.78 is 35.1. The summed E-state index contributed by atoms with van der Waals surface area (Å²) >= 11 is 1.43. The fraction of sp³-hybridized carbons (Fsp3) is 0.118. The lowest BCUT2D eigenvalue weighted by Crippen LogP contribution is -2.25. The first kappa shape index (κ1) is 18.3. The van der Waals surface area contributed by atoms with Crippen LogP contribution in [0.15, 0.2) is 58.8 Å². The molecule has 0 bridgehead atoms. The molecule has 144 valence electrons. The van der Waals surface area contributed by atoms with Crippen LogP contribution < -0.4 is 14.8 Å². The largest absolute Gasteiger partial charge is 0.482 e. The van der Waals surface area contributed by atoms with Gasteiger partial charge in [0.25, 0.3) is 15.9 Å². The Kier molecular flexibility index (Phi) is 4.69. The van der Waals surface area contributed by atoms with Crippen LogP contribution in [0.3, 0.4) is 0 Å². The van der Waals surface area contributed by atoms with Crippen molar-refractivity contribution in [2.45, 2.75) is 10.1 Å². The minimum Gasteiger partial charge on any atom is -0.482 e. The lowest BCUT2D eigenvalue weighted by Gasteiger charge is -2.18. The third kappa shape index (κ3) is 3.53. The molecule has 2 heterocycles. The molecule has 2 aromatic carbocycles. The number of ether oxygens (including phenoxy) is 1. The Morgan fingerprint density at radius 1 is 1.25 bits per heavy atom. The topological polar surface area (TPSA) is 115 Å². The number of amides is 1. The number of hydrogen-bond donors (Lipinski definition) is 2. The van der Waals surface area contributed by atoms with E-state index in [0.717, 1.165) is 5.69 Å². The average molecular weight is 417 g/mol. The number of hydrogen-bond acceptors (Lipinski definition) is 7. The average Bonchev–Trinajstić information content (AvgIpc) is 3.16. The Morgan fingerprint density at radius 2 is 2.11 bits per heavy atom. The number of nitrogens with zero attached hydrogens (tertiary/aromatic N) is 3. The minimum atomic E-state index is -3.87. The van der Waals surface area contributed by atoms with Gasteiger partial charge in [-0.05, 0) is 42.7 Å². The van der Waals surface area contributed by atoms with E-state index in [-0.39, 0.29) is 17.4 Å². The molecule has 1 aromatic heterocycles. The van der Waals surface area contributed by atoms with Gasteiger partial charge in [-0.3, -0.25) is 14.1 Å². The predicted molar refractivity (Wildman–Crippen MR) is 105 cm³/mol. The van der Waals surface area contributed by atoms with Gasteiger partial charge in [0.1, 0.15) is 12.1 Å². The third-order valence-corrected chi connectivity index (χ3v) is 5.99. The minimum absolute atomic E-state index is 0.0107. The number of carbonyl (C=O) groups is 1. The maximum absolute atomic E-state index is 12.8. The quantitative estimate of drug-likeness (QED) is 0.611. The number of fused-ring (bicyclic) bond motifs is 1. The van der Waals surface area contributed by atoms with E-state index in [2.05, 4.69) is 20.2 Å². The van der Waals surface area contributed by atoms with Gasteiger partial charge < -0.3 is 10.1 Å². The summed E-state index contributed by atoms with van der Waals surface area (Å²) in [7, 11) is -3.87. The van der Waals surface area contributed by atoms with Crippen molar-refractivity contribution in [3.8, 4) is 11.4 Å². The van der Waals surface area contributed by atoms with Crippen LogP contribution >= 0.6 is 11.8 Å². The number of rotatable bonds is 5. The molecular formula is C17H15N5O4S2. The predicted octanol–water partition coefficient (Wildman–Crippen LogP) is 2.12. The van der Waals surface area contributed by atoms with Gasteiger partial charge in [0, 0.05) is 0 Å². The van der Waals surface area contributed by atoms with E-state index < -0.39 is 10.0 Å². The maximum atomic E-state index is 12.8. The van der Waals surface area contributed by atoms with Crippen molar-refractivity contribution in [2.24, 2.45) is 0 Å². The first-order valence-electron chi connectivity index (χ1n) is 8.10. The Balaban J connectivity index is 1.63. The zero-order valence-electron chi connectivity index (χ0n) is 14.6. The summed E-state index contributed by atoms with van der Waals surface area (Å²) in [5, 5.41) is 11.2. The van der Waals surface area contributed by atoms with Crippen LogP contribution in [0.4, 0.5) is 11.4 Å². The van der Waals surface area contributed by atoms with Crippen molar-refractivity contribution < 1.29 is 17.9 Å². The molecule has 1 amide bonds. The zero-order valence-corrected chi connectivity index (χ0v) is 16.3. The Labute approximate surface area is 165 Å². The van der Waals surface area contributed by atoms with Gasteiger partial charge in [-0.15, -0.1) is 10.2 Å². The number of benzene rings is 2. The van der Waals surface area contributed by atoms with Gasteiger partial charge in [-0.1, -0.05) is 17.8 Å². The molecule has 0 fully saturated rings. The van der Waals surface area contributed by atoms with Crippen LogP contribution in [0, 0.1) is 0 Å². The normalized spacial score (nSPS) is 13.4. The van der Waals surface area contributed by atoms with E-state index in [9.17, 15) is 13.2 Å². The number of nitrogens with one attached hydrogen (secondary N) is 2. The summed E-state index contributed by atoms with van der Waals surface area (Å²) in [6, 6.07) is 11.2. The summed E-state index contributed by atoms with van der Waals surface area (Å²) in [6.45, 7) is -0.0920. The molecule has 3 aromatic rings. The second-order valence-corrected chi connectivity index (χ2v) is 8.29. The van der Waals surface area contributed by atoms with E-state index in [1.54, 1.807) is 29.1 Å². The smallest absolute Gasteiger partial charge is 0.262 e. The Hall–Kier alpha value is -3.05. The van der Waals surface area contributed by atoms with Gasteiger partial charge in [0.15, 0.2) is 11.8 Å². The van der Waals surface area contributed by atoms with Gasteiger partial charge in [0.05, 0.1) is 22.0 Å². The second-order valence-electron chi connectivity index (χ2n) is 5.84. The summed E-state index contributed by atoms with van der Waals surface area (Å²) in [4.78, 5) is 11.5. The molecule has 11 heteroatoms. The van der Waals surface area contributed by atoms with Gasteiger partial charge >= 0.3 is 0 Å². The molecule has 0 saturated carbocycles. The van der Waals surface area contributed by atoms with Gasteiger partial charge in [-0.2, -0.15) is 0 Å². The number of sulfonamides is 1. The van der Waals surface area contributed by atoms with Crippen LogP contribution in [0.5, 0.6) is 5.75 Å². The Morgan fingerprint density at radius 3 is 2.93 bits per heavy atom. The molecule has 0 unspecified atom stereocenters.